The van der Waals surface area contributed by atoms with Crippen molar-refractivity contribution in [2.75, 3.05) is 33.1 Å². The number of rotatable bonds is 10. The topological polar surface area (TPSA) is 50.7 Å². The molecule has 2 atom stereocenters. The zero-order valence-electron chi connectivity index (χ0n) is 13.4. The summed E-state index contributed by atoms with van der Waals surface area (Å²) >= 11 is 1.77. The lowest BCUT2D eigenvalue weighted by atomic mass is 10.1. The second-order valence-corrected chi connectivity index (χ2v) is 6.42. The van der Waals surface area contributed by atoms with Crippen LogP contribution in [0.1, 0.15) is 31.9 Å². The third kappa shape index (κ3) is 5.77. The van der Waals surface area contributed by atoms with E-state index in [1.165, 1.54) is 5.56 Å². The normalized spacial score (nSPS) is 13.8. The Bertz CT molecular complexity index is 415. The minimum Gasteiger partial charge on any atom is -0.493 e. The highest BCUT2D eigenvalue weighted by molar-refractivity contribution is 7.99. The van der Waals surface area contributed by atoms with E-state index in [4.69, 9.17) is 14.6 Å². The van der Waals surface area contributed by atoms with Gasteiger partial charge in [-0.25, -0.2) is 0 Å². The van der Waals surface area contributed by atoms with E-state index in [1.54, 1.807) is 26.0 Å². The van der Waals surface area contributed by atoms with E-state index < -0.39 is 0 Å². The quantitative estimate of drug-likeness (QED) is 0.695. The zero-order chi connectivity index (χ0) is 15.7. The number of aliphatic hydroxyl groups excluding tert-OH is 1. The van der Waals surface area contributed by atoms with Gasteiger partial charge in [-0.05, 0) is 30.7 Å². The first-order valence-corrected chi connectivity index (χ1v) is 8.38. The SMILES string of the molecule is CCCNC(CSC(C)CO)c1ccc(OC)c(OC)c1. The van der Waals surface area contributed by atoms with Crippen LogP contribution < -0.4 is 14.8 Å². The van der Waals surface area contributed by atoms with E-state index in [0.717, 1.165) is 30.2 Å². The zero-order valence-corrected chi connectivity index (χ0v) is 14.2. The summed E-state index contributed by atoms with van der Waals surface area (Å²) in [6.45, 7) is 5.36. The van der Waals surface area contributed by atoms with E-state index in [-0.39, 0.29) is 17.9 Å². The Morgan fingerprint density at radius 1 is 1.24 bits per heavy atom. The summed E-state index contributed by atoms with van der Waals surface area (Å²) in [5.74, 6) is 2.40. The van der Waals surface area contributed by atoms with Gasteiger partial charge in [0.2, 0.25) is 0 Å². The first-order chi connectivity index (χ1) is 10.2. The maximum Gasteiger partial charge on any atom is 0.161 e. The van der Waals surface area contributed by atoms with Gasteiger partial charge in [0.15, 0.2) is 11.5 Å². The number of thioether (sulfide) groups is 1. The van der Waals surface area contributed by atoms with Gasteiger partial charge in [-0.3, -0.25) is 0 Å². The van der Waals surface area contributed by atoms with Crippen molar-refractivity contribution in [1.29, 1.82) is 0 Å². The van der Waals surface area contributed by atoms with Crippen LogP contribution in [0, 0.1) is 0 Å². The Labute approximate surface area is 132 Å². The fourth-order valence-corrected chi connectivity index (χ4v) is 2.91. The Morgan fingerprint density at radius 2 is 1.95 bits per heavy atom. The van der Waals surface area contributed by atoms with Gasteiger partial charge < -0.3 is 19.9 Å². The Kier molecular flexibility index (Phi) is 8.57. The highest BCUT2D eigenvalue weighted by Gasteiger charge is 2.15. The highest BCUT2D eigenvalue weighted by atomic mass is 32.2. The largest absolute Gasteiger partial charge is 0.493 e. The fraction of sp³-hybridized carbons (Fsp3) is 0.625. The van der Waals surface area contributed by atoms with Crippen LogP contribution in [0.2, 0.25) is 0 Å². The summed E-state index contributed by atoms with van der Waals surface area (Å²) in [5.41, 5.74) is 1.18. The third-order valence-electron chi connectivity index (χ3n) is 3.26. The average Bonchev–Trinajstić information content (AvgIpc) is 2.53. The molecule has 5 heteroatoms. The van der Waals surface area contributed by atoms with Gasteiger partial charge in [0.05, 0.1) is 20.8 Å². The molecule has 0 fully saturated rings. The number of methoxy groups -OCH3 is 2. The van der Waals surface area contributed by atoms with E-state index in [9.17, 15) is 0 Å². The number of benzene rings is 1. The molecule has 1 aromatic carbocycles. The number of hydrogen-bond acceptors (Lipinski definition) is 5. The second kappa shape index (κ2) is 9.92. The summed E-state index contributed by atoms with van der Waals surface area (Å²) in [5, 5.41) is 13.0. The van der Waals surface area contributed by atoms with E-state index in [2.05, 4.69) is 18.3 Å². The summed E-state index contributed by atoms with van der Waals surface area (Å²) in [6.07, 6.45) is 1.09. The average molecular weight is 313 g/mol. The van der Waals surface area contributed by atoms with Crippen LogP contribution >= 0.6 is 11.8 Å². The molecule has 1 aromatic rings. The minimum absolute atomic E-state index is 0.205. The van der Waals surface area contributed by atoms with Crippen LogP contribution in [0.4, 0.5) is 0 Å². The molecule has 0 aromatic heterocycles. The molecule has 0 aliphatic carbocycles. The molecular weight excluding hydrogens is 286 g/mol. The molecule has 2 unspecified atom stereocenters. The van der Waals surface area contributed by atoms with Gasteiger partial charge in [-0.15, -0.1) is 0 Å². The number of ether oxygens (including phenoxy) is 2. The molecule has 0 bridgehead atoms. The molecule has 21 heavy (non-hydrogen) atoms. The third-order valence-corrected chi connectivity index (χ3v) is 4.50. The van der Waals surface area contributed by atoms with Crippen LogP contribution in [0.3, 0.4) is 0 Å². The fourth-order valence-electron chi connectivity index (χ4n) is 1.97. The van der Waals surface area contributed by atoms with E-state index in [0.29, 0.717) is 0 Å². The Balaban J connectivity index is 2.85. The number of aliphatic hydroxyl groups is 1. The van der Waals surface area contributed by atoms with Gasteiger partial charge in [-0.2, -0.15) is 11.8 Å². The Morgan fingerprint density at radius 3 is 2.52 bits per heavy atom. The molecule has 0 spiro atoms. The summed E-state index contributed by atoms with van der Waals surface area (Å²) in [7, 11) is 3.29. The van der Waals surface area contributed by atoms with Gasteiger partial charge in [0.25, 0.3) is 0 Å². The molecule has 120 valence electrons. The molecule has 0 radical (unpaired) electrons. The van der Waals surface area contributed by atoms with Crippen LogP contribution in [0.25, 0.3) is 0 Å². The van der Waals surface area contributed by atoms with E-state index >= 15 is 0 Å². The van der Waals surface area contributed by atoms with Crippen LogP contribution in [-0.2, 0) is 0 Å². The standard InChI is InChI=1S/C16H27NO3S/c1-5-8-17-14(11-21-12(2)10-18)13-6-7-15(19-3)16(9-13)20-4/h6-7,9,12,14,17-18H,5,8,10-11H2,1-4H3. The molecule has 0 amide bonds. The van der Waals surface area contributed by atoms with Gasteiger partial charge in [0.1, 0.15) is 0 Å². The van der Waals surface area contributed by atoms with Crippen molar-refractivity contribution in [1.82, 2.24) is 5.32 Å². The van der Waals surface area contributed by atoms with Crippen molar-refractivity contribution < 1.29 is 14.6 Å². The Hall–Kier alpha value is -0.910. The molecule has 4 nitrogen and oxygen atoms in total. The summed E-state index contributed by atoms with van der Waals surface area (Å²) < 4.78 is 10.7. The van der Waals surface area contributed by atoms with Crippen molar-refractivity contribution in [2.45, 2.75) is 31.6 Å². The second-order valence-electron chi connectivity index (χ2n) is 4.95. The molecule has 0 aliphatic heterocycles. The van der Waals surface area contributed by atoms with Crippen LogP contribution in [0.15, 0.2) is 18.2 Å². The molecule has 0 saturated carbocycles. The lowest BCUT2D eigenvalue weighted by Crippen LogP contribution is -2.25. The van der Waals surface area contributed by atoms with Crippen LogP contribution in [0.5, 0.6) is 11.5 Å². The number of hydrogen-bond donors (Lipinski definition) is 2. The molecule has 0 aliphatic rings. The minimum atomic E-state index is 0.205. The van der Waals surface area contributed by atoms with Gasteiger partial charge in [0, 0.05) is 17.0 Å². The maximum absolute atomic E-state index is 9.17. The van der Waals surface area contributed by atoms with Gasteiger partial charge in [-0.1, -0.05) is 19.9 Å². The van der Waals surface area contributed by atoms with Crippen molar-refractivity contribution in [3.05, 3.63) is 23.8 Å². The maximum atomic E-state index is 9.17. The van der Waals surface area contributed by atoms with Crippen molar-refractivity contribution in [3.8, 4) is 11.5 Å². The van der Waals surface area contributed by atoms with Crippen molar-refractivity contribution >= 4 is 11.8 Å². The van der Waals surface area contributed by atoms with E-state index in [1.807, 2.05) is 19.1 Å². The molecular formula is C16H27NO3S. The molecule has 0 heterocycles. The van der Waals surface area contributed by atoms with Gasteiger partial charge >= 0.3 is 0 Å². The summed E-state index contributed by atoms with van der Waals surface area (Å²) in [4.78, 5) is 0. The monoisotopic (exact) mass is 313 g/mol. The lowest BCUT2D eigenvalue weighted by molar-refractivity contribution is 0.300. The predicted octanol–water partition coefficient (Wildman–Crippen LogP) is 2.86. The molecule has 0 saturated heterocycles. The smallest absolute Gasteiger partial charge is 0.161 e. The number of nitrogens with one attached hydrogen (secondary N) is 1. The molecule has 2 N–H and O–H groups in total. The highest BCUT2D eigenvalue weighted by Crippen LogP contribution is 2.31. The van der Waals surface area contributed by atoms with Crippen LogP contribution in [-0.4, -0.2) is 43.5 Å². The predicted molar refractivity (Wildman–Crippen MR) is 89.6 cm³/mol. The first-order valence-electron chi connectivity index (χ1n) is 7.34. The summed E-state index contributed by atoms with van der Waals surface area (Å²) in [6, 6.07) is 6.27. The van der Waals surface area contributed by atoms with Crippen molar-refractivity contribution in [3.63, 3.8) is 0 Å². The molecule has 1 rings (SSSR count). The first kappa shape index (κ1) is 18.1. The van der Waals surface area contributed by atoms with Crippen molar-refractivity contribution in [2.24, 2.45) is 0 Å². The lowest BCUT2D eigenvalue weighted by Gasteiger charge is -2.21.